The molecule has 0 spiro atoms. The molecule has 0 fully saturated rings. The van der Waals surface area contributed by atoms with Crippen LogP contribution in [-0.2, 0) is 0 Å². The third-order valence-corrected chi connectivity index (χ3v) is 3.89. The molecule has 3 aromatic rings. The van der Waals surface area contributed by atoms with Crippen molar-refractivity contribution in [1.82, 2.24) is 14.9 Å². The van der Waals surface area contributed by atoms with Crippen LogP contribution in [0.5, 0.6) is 5.75 Å². The highest BCUT2D eigenvalue weighted by atomic mass is 19.3. The van der Waals surface area contributed by atoms with Crippen molar-refractivity contribution >= 4 is 5.91 Å². The average Bonchev–Trinajstić information content (AvgIpc) is 3.16. The van der Waals surface area contributed by atoms with E-state index in [4.69, 9.17) is 0 Å². The third-order valence-electron chi connectivity index (χ3n) is 3.89. The van der Waals surface area contributed by atoms with Crippen LogP contribution in [0.25, 0.3) is 5.69 Å². The molecule has 1 aromatic heterocycles. The van der Waals surface area contributed by atoms with Crippen LogP contribution in [0.1, 0.15) is 28.9 Å². The van der Waals surface area contributed by atoms with Gasteiger partial charge in [-0.05, 0) is 36.8 Å². The number of alkyl halides is 2. The van der Waals surface area contributed by atoms with Crippen LogP contribution >= 0.6 is 0 Å². The van der Waals surface area contributed by atoms with Gasteiger partial charge < -0.3 is 14.6 Å². The van der Waals surface area contributed by atoms with Crippen molar-refractivity contribution in [2.24, 2.45) is 0 Å². The Hall–Kier alpha value is -3.22. The summed E-state index contributed by atoms with van der Waals surface area (Å²) in [7, 11) is 0. The fraction of sp³-hybridized carbons (Fsp3) is 0.158. The van der Waals surface area contributed by atoms with Crippen LogP contribution in [0, 0.1) is 0 Å². The first-order valence-corrected chi connectivity index (χ1v) is 7.97. The molecule has 0 aliphatic carbocycles. The number of para-hydroxylation sites is 1. The van der Waals surface area contributed by atoms with Gasteiger partial charge >= 0.3 is 6.61 Å². The van der Waals surface area contributed by atoms with Crippen molar-refractivity contribution in [2.45, 2.75) is 19.6 Å². The molecular weight excluding hydrogens is 340 g/mol. The zero-order valence-electron chi connectivity index (χ0n) is 14.0. The monoisotopic (exact) mass is 357 g/mol. The Labute approximate surface area is 149 Å². The largest absolute Gasteiger partial charge is 0.434 e. The number of hydrogen-bond donors (Lipinski definition) is 1. The molecular formula is C19H17F2N3O2. The molecule has 0 bridgehead atoms. The Morgan fingerprint density at radius 3 is 2.54 bits per heavy atom. The van der Waals surface area contributed by atoms with E-state index >= 15 is 0 Å². The number of benzene rings is 2. The van der Waals surface area contributed by atoms with Crippen molar-refractivity contribution in [3.63, 3.8) is 0 Å². The highest BCUT2D eigenvalue weighted by molar-refractivity contribution is 5.97. The van der Waals surface area contributed by atoms with Crippen LogP contribution in [0.15, 0.2) is 67.3 Å². The van der Waals surface area contributed by atoms with E-state index in [0.717, 1.165) is 11.3 Å². The Kier molecular flexibility index (Phi) is 5.26. The Balaban J connectivity index is 1.72. The molecule has 0 saturated heterocycles. The molecule has 0 unspecified atom stereocenters. The summed E-state index contributed by atoms with van der Waals surface area (Å²) in [6.07, 6.45) is 5.22. The van der Waals surface area contributed by atoms with E-state index in [2.05, 4.69) is 15.0 Å². The van der Waals surface area contributed by atoms with E-state index in [1.807, 2.05) is 42.0 Å². The van der Waals surface area contributed by atoms with E-state index in [-0.39, 0.29) is 17.4 Å². The summed E-state index contributed by atoms with van der Waals surface area (Å²) >= 11 is 0. The topological polar surface area (TPSA) is 56.1 Å². The smallest absolute Gasteiger partial charge is 0.387 e. The van der Waals surface area contributed by atoms with Crippen LogP contribution in [-0.4, -0.2) is 22.1 Å². The van der Waals surface area contributed by atoms with Crippen molar-refractivity contribution in [3.8, 4) is 11.4 Å². The second-order valence-corrected chi connectivity index (χ2v) is 5.63. The number of ether oxygens (including phenoxy) is 1. The van der Waals surface area contributed by atoms with Crippen LogP contribution in [0.2, 0.25) is 0 Å². The molecule has 0 aliphatic rings. The number of hydrogen-bond acceptors (Lipinski definition) is 3. The van der Waals surface area contributed by atoms with Gasteiger partial charge in [-0.1, -0.05) is 24.3 Å². The van der Waals surface area contributed by atoms with Gasteiger partial charge in [0.05, 0.1) is 17.9 Å². The zero-order valence-corrected chi connectivity index (χ0v) is 14.0. The van der Waals surface area contributed by atoms with Gasteiger partial charge in [-0.3, -0.25) is 4.79 Å². The molecule has 1 atom stereocenters. The first-order valence-electron chi connectivity index (χ1n) is 7.97. The van der Waals surface area contributed by atoms with Gasteiger partial charge in [0.2, 0.25) is 0 Å². The van der Waals surface area contributed by atoms with Crippen molar-refractivity contribution < 1.29 is 18.3 Å². The Morgan fingerprint density at radius 2 is 1.88 bits per heavy atom. The average molecular weight is 357 g/mol. The normalized spacial score (nSPS) is 12.0. The molecule has 1 heterocycles. The number of rotatable bonds is 6. The maximum Gasteiger partial charge on any atom is 0.387 e. The first-order chi connectivity index (χ1) is 12.5. The lowest BCUT2D eigenvalue weighted by atomic mass is 10.1. The number of halogens is 2. The van der Waals surface area contributed by atoms with Gasteiger partial charge in [0.15, 0.2) is 0 Å². The minimum absolute atomic E-state index is 0.0645. The molecule has 5 nitrogen and oxygen atoms in total. The summed E-state index contributed by atoms with van der Waals surface area (Å²) in [5.74, 6) is -0.630. The summed E-state index contributed by atoms with van der Waals surface area (Å²) in [5.41, 5.74) is 1.89. The standard InChI is InChI=1S/C19H17F2N3O2/c1-13(14-6-8-15(9-7-14)24-11-10-22-12-24)23-18(25)16-4-2-3-5-17(16)26-19(20)21/h2-13,19H,1H3,(H,23,25)/t13-/m0/s1. The van der Waals surface area contributed by atoms with Crippen LogP contribution in [0.4, 0.5) is 8.78 Å². The SMILES string of the molecule is C[C@H](NC(=O)c1ccccc1OC(F)F)c1ccc(-n2ccnc2)cc1. The van der Waals surface area contributed by atoms with Crippen LogP contribution < -0.4 is 10.1 Å². The number of nitrogens with one attached hydrogen (secondary N) is 1. The summed E-state index contributed by atoms with van der Waals surface area (Å²) in [5, 5.41) is 2.80. The maximum atomic E-state index is 12.5. The van der Waals surface area contributed by atoms with E-state index in [1.54, 1.807) is 18.6 Å². The Bertz CT molecular complexity index is 865. The highest BCUT2D eigenvalue weighted by Gasteiger charge is 2.17. The lowest BCUT2D eigenvalue weighted by Crippen LogP contribution is -2.27. The van der Waals surface area contributed by atoms with Gasteiger partial charge in [0.1, 0.15) is 5.75 Å². The molecule has 2 aromatic carbocycles. The molecule has 134 valence electrons. The van der Waals surface area contributed by atoms with Gasteiger partial charge in [0, 0.05) is 18.1 Å². The Morgan fingerprint density at radius 1 is 1.15 bits per heavy atom. The van der Waals surface area contributed by atoms with Crippen molar-refractivity contribution in [2.75, 3.05) is 0 Å². The van der Waals surface area contributed by atoms with Gasteiger partial charge in [-0.15, -0.1) is 0 Å². The number of imidazole rings is 1. The van der Waals surface area contributed by atoms with Gasteiger partial charge in [0.25, 0.3) is 5.91 Å². The number of amides is 1. The fourth-order valence-corrected chi connectivity index (χ4v) is 2.56. The second kappa shape index (κ2) is 7.77. The van der Waals surface area contributed by atoms with Gasteiger partial charge in [-0.2, -0.15) is 8.78 Å². The van der Waals surface area contributed by atoms with E-state index in [1.165, 1.54) is 18.2 Å². The number of aromatic nitrogens is 2. The number of carbonyl (C=O) groups excluding carboxylic acids is 1. The predicted molar refractivity (Wildman–Crippen MR) is 92.5 cm³/mol. The molecule has 0 saturated carbocycles. The quantitative estimate of drug-likeness (QED) is 0.726. The molecule has 26 heavy (non-hydrogen) atoms. The van der Waals surface area contributed by atoms with Crippen molar-refractivity contribution in [3.05, 3.63) is 78.4 Å². The lowest BCUT2D eigenvalue weighted by Gasteiger charge is -2.16. The van der Waals surface area contributed by atoms with Crippen LogP contribution in [0.3, 0.4) is 0 Å². The molecule has 3 rings (SSSR count). The lowest BCUT2D eigenvalue weighted by molar-refractivity contribution is -0.0501. The second-order valence-electron chi connectivity index (χ2n) is 5.63. The minimum atomic E-state index is -2.99. The van der Waals surface area contributed by atoms with Gasteiger partial charge in [-0.25, -0.2) is 4.98 Å². The molecule has 1 N–H and O–H groups in total. The molecule has 0 radical (unpaired) electrons. The maximum absolute atomic E-state index is 12.5. The third kappa shape index (κ3) is 4.05. The van der Waals surface area contributed by atoms with E-state index in [9.17, 15) is 13.6 Å². The summed E-state index contributed by atoms with van der Waals surface area (Å²) in [6.45, 7) is -1.17. The minimum Gasteiger partial charge on any atom is -0.434 e. The summed E-state index contributed by atoms with van der Waals surface area (Å²) in [4.78, 5) is 16.4. The number of carbonyl (C=O) groups is 1. The highest BCUT2D eigenvalue weighted by Crippen LogP contribution is 2.22. The number of nitrogens with zero attached hydrogens (tertiary/aromatic N) is 2. The van der Waals surface area contributed by atoms with E-state index < -0.39 is 12.5 Å². The van der Waals surface area contributed by atoms with Crippen molar-refractivity contribution in [1.29, 1.82) is 0 Å². The predicted octanol–water partition coefficient (Wildman–Crippen LogP) is 3.96. The summed E-state index contributed by atoms with van der Waals surface area (Å²) in [6, 6.07) is 13.2. The summed E-state index contributed by atoms with van der Waals surface area (Å²) < 4.78 is 31.2. The fourth-order valence-electron chi connectivity index (χ4n) is 2.56. The molecule has 1 amide bonds. The molecule has 7 heteroatoms. The first kappa shape index (κ1) is 17.6. The zero-order chi connectivity index (χ0) is 18.5. The molecule has 0 aliphatic heterocycles. The van der Waals surface area contributed by atoms with E-state index in [0.29, 0.717) is 0 Å².